The quantitative estimate of drug-likeness (QED) is 0.611. The Hall–Kier alpha value is -0.300. The standard InChI is InChI=1S/C10H19N/c1-3-8-11-9(2)10-6-4-5-7-10/h3,9-11H,1,4-8H2,2H3/t9-/m1/s1. The molecule has 1 atom stereocenters. The van der Waals surface area contributed by atoms with Crippen LogP contribution in [0.1, 0.15) is 32.6 Å². The topological polar surface area (TPSA) is 12.0 Å². The van der Waals surface area contributed by atoms with Gasteiger partial charge in [-0.1, -0.05) is 18.9 Å². The van der Waals surface area contributed by atoms with E-state index in [1.165, 1.54) is 25.7 Å². The average molecular weight is 153 g/mol. The zero-order valence-corrected chi connectivity index (χ0v) is 7.47. The number of hydrogen-bond acceptors (Lipinski definition) is 1. The zero-order valence-electron chi connectivity index (χ0n) is 7.47. The summed E-state index contributed by atoms with van der Waals surface area (Å²) in [7, 11) is 0. The number of hydrogen-bond donors (Lipinski definition) is 1. The minimum Gasteiger partial charge on any atom is -0.311 e. The Kier molecular flexibility index (Phi) is 3.64. The summed E-state index contributed by atoms with van der Waals surface area (Å²) in [6.07, 6.45) is 7.65. The first kappa shape index (κ1) is 8.79. The first-order chi connectivity index (χ1) is 5.34. The second-order valence-corrected chi connectivity index (χ2v) is 3.53. The van der Waals surface area contributed by atoms with Crippen LogP contribution in [0.4, 0.5) is 0 Å². The minimum atomic E-state index is 0.690. The highest BCUT2D eigenvalue weighted by Gasteiger charge is 2.20. The zero-order chi connectivity index (χ0) is 8.10. The lowest BCUT2D eigenvalue weighted by Gasteiger charge is -2.19. The van der Waals surface area contributed by atoms with Gasteiger partial charge in [-0.2, -0.15) is 0 Å². The van der Waals surface area contributed by atoms with Gasteiger partial charge in [0, 0.05) is 12.6 Å². The van der Waals surface area contributed by atoms with Gasteiger partial charge in [0.15, 0.2) is 0 Å². The van der Waals surface area contributed by atoms with E-state index in [1.54, 1.807) is 0 Å². The largest absolute Gasteiger partial charge is 0.311 e. The van der Waals surface area contributed by atoms with Crippen LogP contribution in [0.2, 0.25) is 0 Å². The van der Waals surface area contributed by atoms with Crippen molar-refractivity contribution in [2.45, 2.75) is 38.6 Å². The van der Waals surface area contributed by atoms with Gasteiger partial charge in [-0.25, -0.2) is 0 Å². The lowest BCUT2D eigenvalue weighted by molar-refractivity contribution is 0.394. The van der Waals surface area contributed by atoms with Crippen LogP contribution in [0, 0.1) is 5.92 Å². The molecule has 0 heterocycles. The van der Waals surface area contributed by atoms with E-state index in [0.717, 1.165) is 12.5 Å². The Morgan fingerprint density at radius 3 is 2.73 bits per heavy atom. The number of rotatable bonds is 4. The molecule has 0 aromatic rings. The molecule has 1 heteroatoms. The van der Waals surface area contributed by atoms with Crippen LogP contribution in [-0.4, -0.2) is 12.6 Å². The summed E-state index contributed by atoms with van der Waals surface area (Å²) in [6.45, 7) is 6.94. The smallest absolute Gasteiger partial charge is 0.0134 e. The van der Waals surface area contributed by atoms with Crippen LogP contribution in [0.15, 0.2) is 12.7 Å². The van der Waals surface area contributed by atoms with Crippen LogP contribution in [0.5, 0.6) is 0 Å². The molecule has 0 aliphatic heterocycles. The SMILES string of the molecule is C=CCN[C@H](C)C1CCCC1. The lowest BCUT2D eigenvalue weighted by Crippen LogP contribution is -2.32. The first-order valence-electron chi connectivity index (χ1n) is 4.69. The Bertz CT molecular complexity index is 114. The maximum absolute atomic E-state index is 3.70. The van der Waals surface area contributed by atoms with Gasteiger partial charge in [0.05, 0.1) is 0 Å². The Labute approximate surface area is 69.9 Å². The molecule has 0 aromatic heterocycles. The summed E-state index contributed by atoms with van der Waals surface area (Å²) in [4.78, 5) is 0. The van der Waals surface area contributed by atoms with Crippen LogP contribution in [0.25, 0.3) is 0 Å². The van der Waals surface area contributed by atoms with Gasteiger partial charge in [-0.15, -0.1) is 6.58 Å². The molecular weight excluding hydrogens is 134 g/mol. The van der Waals surface area contributed by atoms with E-state index in [-0.39, 0.29) is 0 Å². The van der Waals surface area contributed by atoms with E-state index in [2.05, 4.69) is 18.8 Å². The first-order valence-corrected chi connectivity index (χ1v) is 4.69. The fourth-order valence-electron chi connectivity index (χ4n) is 1.89. The molecule has 1 saturated carbocycles. The third kappa shape index (κ3) is 2.66. The van der Waals surface area contributed by atoms with Crippen LogP contribution in [-0.2, 0) is 0 Å². The molecule has 1 fully saturated rings. The van der Waals surface area contributed by atoms with E-state index in [0.29, 0.717) is 6.04 Å². The molecule has 1 nitrogen and oxygen atoms in total. The molecule has 0 bridgehead atoms. The maximum Gasteiger partial charge on any atom is 0.0134 e. The second kappa shape index (κ2) is 4.55. The third-order valence-electron chi connectivity index (χ3n) is 2.69. The Morgan fingerprint density at radius 2 is 2.18 bits per heavy atom. The highest BCUT2D eigenvalue weighted by Crippen LogP contribution is 2.27. The molecule has 0 amide bonds. The Balaban J connectivity index is 2.16. The van der Waals surface area contributed by atoms with Gasteiger partial charge in [-0.3, -0.25) is 0 Å². The summed E-state index contributed by atoms with van der Waals surface area (Å²) in [5, 5.41) is 3.46. The van der Waals surface area contributed by atoms with E-state index in [4.69, 9.17) is 0 Å². The van der Waals surface area contributed by atoms with Crippen molar-refractivity contribution in [3.63, 3.8) is 0 Å². The molecular formula is C10H19N. The molecule has 0 spiro atoms. The summed E-state index contributed by atoms with van der Waals surface area (Å²) in [5.74, 6) is 0.926. The molecule has 11 heavy (non-hydrogen) atoms. The molecule has 0 unspecified atom stereocenters. The van der Waals surface area contributed by atoms with Gasteiger partial charge in [0.25, 0.3) is 0 Å². The van der Waals surface area contributed by atoms with Crippen molar-refractivity contribution in [3.8, 4) is 0 Å². The molecule has 0 saturated heterocycles. The second-order valence-electron chi connectivity index (χ2n) is 3.53. The van der Waals surface area contributed by atoms with Crippen molar-refractivity contribution >= 4 is 0 Å². The molecule has 1 rings (SSSR count). The predicted octanol–water partition coefficient (Wildman–Crippen LogP) is 2.34. The van der Waals surface area contributed by atoms with Crippen LogP contribution < -0.4 is 5.32 Å². The Morgan fingerprint density at radius 1 is 1.55 bits per heavy atom. The fraction of sp³-hybridized carbons (Fsp3) is 0.800. The van der Waals surface area contributed by atoms with Crippen molar-refractivity contribution in [2.75, 3.05) is 6.54 Å². The highest BCUT2D eigenvalue weighted by molar-refractivity contribution is 4.80. The molecule has 64 valence electrons. The maximum atomic E-state index is 3.70. The molecule has 1 aliphatic rings. The normalized spacial score (nSPS) is 21.9. The van der Waals surface area contributed by atoms with Gasteiger partial charge < -0.3 is 5.32 Å². The monoisotopic (exact) mass is 153 g/mol. The van der Waals surface area contributed by atoms with Gasteiger partial charge in [-0.05, 0) is 25.7 Å². The van der Waals surface area contributed by atoms with Gasteiger partial charge in [0.1, 0.15) is 0 Å². The van der Waals surface area contributed by atoms with Crippen molar-refractivity contribution < 1.29 is 0 Å². The van der Waals surface area contributed by atoms with Crippen molar-refractivity contribution in [2.24, 2.45) is 5.92 Å². The molecule has 1 N–H and O–H groups in total. The van der Waals surface area contributed by atoms with E-state index < -0.39 is 0 Å². The van der Waals surface area contributed by atoms with Crippen LogP contribution in [0.3, 0.4) is 0 Å². The van der Waals surface area contributed by atoms with E-state index in [9.17, 15) is 0 Å². The average Bonchev–Trinajstić information content (AvgIpc) is 2.52. The highest BCUT2D eigenvalue weighted by atomic mass is 14.9. The fourth-order valence-corrected chi connectivity index (χ4v) is 1.89. The van der Waals surface area contributed by atoms with E-state index in [1.807, 2.05) is 6.08 Å². The van der Waals surface area contributed by atoms with Crippen LogP contribution >= 0.6 is 0 Å². The predicted molar refractivity (Wildman–Crippen MR) is 49.6 cm³/mol. The minimum absolute atomic E-state index is 0.690. The molecule has 0 radical (unpaired) electrons. The van der Waals surface area contributed by atoms with Gasteiger partial charge in [0.2, 0.25) is 0 Å². The summed E-state index contributed by atoms with van der Waals surface area (Å²) in [5.41, 5.74) is 0. The van der Waals surface area contributed by atoms with Crippen molar-refractivity contribution in [3.05, 3.63) is 12.7 Å². The molecule has 1 aliphatic carbocycles. The van der Waals surface area contributed by atoms with Crippen molar-refractivity contribution in [1.82, 2.24) is 5.32 Å². The summed E-state index contributed by atoms with van der Waals surface area (Å²) < 4.78 is 0. The van der Waals surface area contributed by atoms with Gasteiger partial charge >= 0.3 is 0 Å². The summed E-state index contributed by atoms with van der Waals surface area (Å²) >= 11 is 0. The molecule has 0 aromatic carbocycles. The van der Waals surface area contributed by atoms with Crippen molar-refractivity contribution in [1.29, 1.82) is 0 Å². The lowest BCUT2D eigenvalue weighted by atomic mass is 10.00. The number of nitrogens with one attached hydrogen (secondary N) is 1. The van der Waals surface area contributed by atoms with E-state index >= 15 is 0 Å². The third-order valence-corrected chi connectivity index (χ3v) is 2.69. The summed E-state index contributed by atoms with van der Waals surface area (Å²) in [6, 6.07) is 0.690.